The molecule has 0 bridgehead atoms. The summed E-state index contributed by atoms with van der Waals surface area (Å²) in [5, 5.41) is 10.9. The average Bonchev–Trinajstić information content (AvgIpc) is 3.47. The average molecular weight is 489 g/mol. The van der Waals surface area contributed by atoms with Crippen LogP contribution in [0.2, 0.25) is 0 Å². The summed E-state index contributed by atoms with van der Waals surface area (Å²) >= 11 is 0. The van der Waals surface area contributed by atoms with Crippen LogP contribution in [0, 0.1) is 12.7 Å². The highest BCUT2D eigenvalue weighted by atomic mass is 19.1. The molecule has 1 aliphatic heterocycles. The van der Waals surface area contributed by atoms with E-state index in [-0.39, 0.29) is 11.8 Å². The number of fused-ring (bicyclic) bond motifs is 1. The Bertz CT molecular complexity index is 1400. The summed E-state index contributed by atoms with van der Waals surface area (Å²) in [5.74, 6) is 1.41. The number of hydrogen-bond donors (Lipinski definition) is 3. The van der Waals surface area contributed by atoms with Crippen LogP contribution in [0.3, 0.4) is 0 Å². The first-order valence-corrected chi connectivity index (χ1v) is 11.9. The lowest BCUT2D eigenvalue weighted by Gasteiger charge is -2.34. The van der Waals surface area contributed by atoms with Crippen molar-refractivity contribution in [3.63, 3.8) is 0 Å². The van der Waals surface area contributed by atoms with E-state index in [1.165, 1.54) is 0 Å². The maximum atomic E-state index is 15.2. The van der Waals surface area contributed by atoms with E-state index in [9.17, 15) is 0 Å². The number of piperazine rings is 1. The van der Waals surface area contributed by atoms with E-state index in [1.54, 1.807) is 18.2 Å². The van der Waals surface area contributed by atoms with Crippen LogP contribution in [-0.4, -0.2) is 62.8 Å². The second kappa shape index (κ2) is 10.2. The van der Waals surface area contributed by atoms with Gasteiger partial charge in [-0.3, -0.25) is 10.00 Å². The lowest BCUT2D eigenvalue weighted by atomic mass is 10.2. The highest BCUT2D eigenvalue weighted by Gasteiger charge is 2.20. The van der Waals surface area contributed by atoms with Crippen molar-refractivity contribution in [2.24, 2.45) is 0 Å². The molecule has 4 aromatic rings. The zero-order valence-corrected chi connectivity index (χ0v) is 20.4. The third kappa shape index (κ3) is 5.08. The zero-order chi connectivity index (χ0) is 25.1. The Hall–Kier alpha value is -4.18. The van der Waals surface area contributed by atoms with Crippen LogP contribution in [0.1, 0.15) is 18.3 Å². The van der Waals surface area contributed by atoms with Crippen LogP contribution in [0.25, 0.3) is 17.0 Å². The first kappa shape index (κ1) is 23.6. The van der Waals surface area contributed by atoms with Gasteiger partial charge in [-0.05, 0) is 38.1 Å². The van der Waals surface area contributed by atoms with E-state index in [1.807, 2.05) is 44.2 Å². The van der Waals surface area contributed by atoms with Gasteiger partial charge in [0.25, 0.3) is 0 Å². The van der Waals surface area contributed by atoms with Crippen molar-refractivity contribution in [2.45, 2.75) is 13.8 Å². The molecule has 0 spiro atoms. The Morgan fingerprint density at radius 3 is 2.75 bits per heavy atom. The van der Waals surface area contributed by atoms with Gasteiger partial charge in [0.1, 0.15) is 11.6 Å². The molecular weight excluding hydrogens is 459 g/mol. The monoisotopic (exact) mass is 488 g/mol. The third-order valence-corrected chi connectivity index (χ3v) is 6.01. The molecule has 1 aromatic carbocycles. The van der Waals surface area contributed by atoms with Gasteiger partial charge in [0.2, 0.25) is 0 Å². The summed E-state index contributed by atoms with van der Waals surface area (Å²) in [6, 6.07) is 8.91. The van der Waals surface area contributed by atoms with Crippen molar-refractivity contribution in [1.82, 2.24) is 30.0 Å². The van der Waals surface area contributed by atoms with Gasteiger partial charge in [0.05, 0.1) is 5.69 Å². The SMILES string of the molecule is C=CCN1CCN(c2cc(Nc3cc(/C=C/C)[nH]n3)nc(Oc3ccc4[nH]c(C)cc4c3F)n2)CC1. The van der Waals surface area contributed by atoms with E-state index in [4.69, 9.17) is 4.74 Å². The van der Waals surface area contributed by atoms with Gasteiger partial charge in [0.15, 0.2) is 17.4 Å². The number of aromatic nitrogens is 5. The normalized spacial score (nSPS) is 14.6. The largest absolute Gasteiger partial charge is 0.421 e. The Kier molecular flexibility index (Phi) is 6.68. The minimum Gasteiger partial charge on any atom is -0.421 e. The standard InChI is InChI=1S/C26H29FN8O/c1-4-6-18-15-23(33-32-18)29-22-16-24(35-12-10-34(9-5-2)11-13-35)31-26(30-22)36-21-8-7-20-19(25(21)27)14-17(3)28-20/h4-8,14-16,28H,2,9-13H2,1,3H3,(H2,29,30,31,32,33)/b6-4+. The molecular formula is C26H29FN8O. The van der Waals surface area contributed by atoms with E-state index in [0.717, 1.165) is 44.1 Å². The van der Waals surface area contributed by atoms with Crippen molar-refractivity contribution in [1.29, 1.82) is 0 Å². The maximum Gasteiger partial charge on any atom is 0.326 e. The second-order valence-electron chi connectivity index (χ2n) is 8.70. The minimum absolute atomic E-state index is 0.0539. The summed E-state index contributed by atoms with van der Waals surface area (Å²) < 4.78 is 21.1. The summed E-state index contributed by atoms with van der Waals surface area (Å²) in [7, 11) is 0. The Morgan fingerprint density at radius 2 is 1.97 bits per heavy atom. The number of hydrogen-bond acceptors (Lipinski definition) is 7. The lowest BCUT2D eigenvalue weighted by molar-refractivity contribution is 0.283. The molecule has 36 heavy (non-hydrogen) atoms. The summed E-state index contributed by atoms with van der Waals surface area (Å²) in [5.41, 5.74) is 2.45. The number of nitrogens with one attached hydrogen (secondary N) is 3. The Balaban J connectivity index is 1.45. The predicted octanol–water partition coefficient (Wildman–Crippen LogP) is 5.01. The number of anilines is 3. The molecule has 0 radical (unpaired) electrons. The maximum absolute atomic E-state index is 15.2. The molecule has 3 aromatic heterocycles. The number of allylic oxidation sites excluding steroid dienone is 1. The quantitative estimate of drug-likeness (QED) is 0.300. The summed E-state index contributed by atoms with van der Waals surface area (Å²) in [4.78, 5) is 16.8. The lowest BCUT2D eigenvalue weighted by Crippen LogP contribution is -2.46. The van der Waals surface area contributed by atoms with E-state index >= 15 is 4.39 Å². The van der Waals surface area contributed by atoms with E-state index in [0.29, 0.717) is 28.4 Å². The fourth-order valence-corrected chi connectivity index (χ4v) is 4.29. The van der Waals surface area contributed by atoms with Gasteiger partial charge < -0.3 is 19.9 Å². The highest BCUT2D eigenvalue weighted by Crippen LogP contribution is 2.31. The minimum atomic E-state index is -0.457. The van der Waals surface area contributed by atoms with E-state index in [2.05, 4.69) is 46.8 Å². The van der Waals surface area contributed by atoms with Gasteiger partial charge >= 0.3 is 6.01 Å². The molecule has 3 N–H and O–H groups in total. The Labute approximate surface area is 208 Å². The molecule has 9 nitrogen and oxygen atoms in total. The van der Waals surface area contributed by atoms with Crippen molar-refractivity contribution in [3.05, 3.63) is 66.3 Å². The van der Waals surface area contributed by atoms with Gasteiger partial charge in [-0.15, -0.1) is 6.58 Å². The third-order valence-electron chi connectivity index (χ3n) is 6.01. The molecule has 4 heterocycles. The smallest absolute Gasteiger partial charge is 0.326 e. The number of benzene rings is 1. The number of rotatable bonds is 8. The van der Waals surface area contributed by atoms with E-state index < -0.39 is 5.82 Å². The van der Waals surface area contributed by atoms with Crippen LogP contribution in [-0.2, 0) is 0 Å². The molecule has 5 rings (SSSR count). The fraction of sp³-hybridized carbons (Fsp3) is 0.269. The molecule has 0 amide bonds. The van der Waals surface area contributed by atoms with Crippen LogP contribution in [0.4, 0.5) is 21.8 Å². The molecule has 1 aliphatic rings. The topological polar surface area (TPSA) is 98.0 Å². The molecule has 186 valence electrons. The molecule has 0 aliphatic carbocycles. The molecule has 1 saturated heterocycles. The van der Waals surface area contributed by atoms with Crippen LogP contribution < -0.4 is 15.0 Å². The van der Waals surface area contributed by atoms with Crippen molar-refractivity contribution >= 4 is 34.4 Å². The fourth-order valence-electron chi connectivity index (χ4n) is 4.29. The number of aromatic amines is 2. The first-order valence-electron chi connectivity index (χ1n) is 11.9. The molecule has 0 saturated carbocycles. The van der Waals surface area contributed by atoms with Crippen molar-refractivity contribution in [2.75, 3.05) is 42.9 Å². The molecule has 0 atom stereocenters. The zero-order valence-electron chi connectivity index (χ0n) is 20.4. The molecule has 10 heteroatoms. The number of nitrogens with zero attached hydrogens (tertiary/aromatic N) is 5. The molecule has 0 unspecified atom stereocenters. The van der Waals surface area contributed by atoms with Gasteiger partial charge in [-0.2, -0.15) is 15.1 Å². The number of halogens is 1. The summed E-state index contributed by atoms with van der Waals surface area (Å²) in [6.45, 7) is 11.9. The van der Waals surface area contributed by atoms with Crippen molar-refractivity contribution < 1.29 is 9.13 Å². The van der Waals surface area contributed by atoms with Crippen LogP contribution >= 0.6 is 0 Å². The summed E-state index contributed by atoms with van der Waals surface area (Å²) in [6.07, 6.45) is 5.76. The number of H-pyrrole nitrogens is 2. The molecule has 1 fully saturated rings. The predicted molar refractivity (Wildman–Crippen MR) is 141 cm³/mol. The van der Waals surface area contributed by atoms with Crippen molar-refractivity contribution in [3.8, 4) is 11.8 Å². The van der Waals surface area contributed by atoms with Gasteiger partial charge in [-0.25, -0.2) is 4.39 Å². The van der Waals surface area contributed by atoms with Crippen LogP contribution in [0.5, 0.6) is 11.8 Å². The first-order chi connectivity index (χ1) is 17.5. The number of ether oxygens (including phenoxy) is 1. The Morgan fingerprint density at radius 1 is 1.14 bits per heavy atom. The number of aryl methyl sites for hydroxylation is 1. The van der Waals surface area contributed by atoms with Gasteiger partial charge in [0, 0.05) is 61.5 Å². The van der Waals surface area contributed by atoms with Crippen LogP contribution in [0.15, 0.2) is 49.1 Å². The van der Waals surface area contributed by atoms with Gasteiger partial charge in [-0.1, -0.05) is 12.2 Å². The second-order valence-corrected chi connectivity index (χ2v) is 8.70. The highest BCUT2D eigenvalue weighted by molar-refractivity contribution is 5.82.